The first-order valence-electron chi connectivity index (χ1n) is 9.85. The van der Waals surface area contributed by atoms with Gasteiger partial charge in [-0.3, -0.25) is 9.59 Å². The third-order valence-electron chi connectivity index (χ3n) is 5.95. The van der Waals surface area contributed by atoms with E-state index in [9.17, 15) is 9.59 Å². The van der Waals surface area contributed by atoms with Crippen LogP contribution in [0.4, 0.5) is 5.69 Å². The number of aryl methyl sites for hydroxylation is 1. The summed E-state index contributed by atoms with van der Waals surface area (Å²) in [7, 11) is 0. The van der Waals surface area contributed by atoms with Gasteiger partial charge in [0.05, 0.1) is 6.42 Å². The number of hydrogen-bond acceptors (Lipinski definition) is 2. The highest BCUT2D eigenvalue weighted by Gasteiger charge is 2.33. The Kier molecular flexibility index (Phi) is 4.97. The van der Waals surface area contributed by atoms with Crippen LogP contribution >= 0.6 is 0 Å². The lowest BCUT2D eigenvalue weighted by Gasteiger charge is -2.33. The molecule has 4 rings (SSSR count). The third kappa shape index (κ3) is 3.61. The number of benzene rings is 2. The molecule has 4 heteroatoms. The Balaban J connectivity index is 1.34. The minimum absolute atomic E-state index is 0.0265. The molecular weight excluding hydrogens is 336 g/mol. The number of piperidine rings is 1. The first-order chi connectivity index (χ1) is 13.1. The van der Waals surface area contributed by atoms with Crippen molar-refractivity contribution in [3.05, 3.63) is 65.2 Å². The molecule has 0 aliphatic carbocycles. The summed E-state index contributed by atoms with van der Waals surface area (Å²) in [5, 5.41) is 0. The third-order valence-corrected chi connectivity index (χ3v) is 5.95. The van der Waals surface area contributed by atoms with Crippen molar-refractivity contribution in [2.45, 2.75) is 32.6 Å². The van der Waals surface area contributed by atoms with E-state index in [4.69, 9.17) is 0 Å². The molecule has 0 aromatic heterocycles. The van der Waals surface area contributed by atoms with Crippen molar-refractivity contribution < 1.29 is 9.59 Å². The second-order valence-electron chi connectivity index (χ2n) is 7.63. The minimum Gasteiger partial charge on any atom is -0.342 e. The van der Waals surface area contributed by atoms with Crippen LogP contribution in [0.3, 0.4) is 0 Å². The average Bonchev–Trinajstić information content (AvgIpc) is 3.13. The van der Waals surface area contributed by atoms with Crippen molar-refractivity contribution in [1.82, 2.24) is 4.90 Å². The first-order valence-corrected chi connectivity index (χ1v) is 9.85. The van der Waals surface area contributed by atoms with Gasteiger partial charge in [0.15, 0.2) is 0 Å². The summed E-state index contributed by atoms with van der Waals surface area (Å²) in [5.41, 5.74) is 4.58. The molecule has 2 aliphatic heterocycles. The second kappa shape index (κ2) is 7.55. The van der Waals surface area contributed by atoms with E-state index in [0.717, 1.165) is 42.6 Å². The SMILES string of the molecule is Cc1ccccc1CC(=O)N1CCC(C(=O)N2CCc3ccccc32)CC1. The molecule has 0 unspecified atom stereocenters. The highest BCUT2D eigenvalue weighted by molar-refractivity contribution is 5.97. The minimum atomic E-state index is 0.0265. The second-order valence-corrected chi connectivity index (χ2v) is 7.63. The van der Waals surface area contributed by atoms with Crippen molar-refractivity contribution in [3.8, 4) is 0 Å². The molecule has 0 bridgehead atoms. The van der Waals surface area contributed by atoms with Gasteiger partial charge in [0.1, 0.15) is 0 Å². The first kappa shape index (κ1) is 17.8. The average molecular weight is 362 g/mol. The van der Waals surface area contributed by atoms with Gasteiger partial charge in [-0.2, -0.15) is 0 Å². The molecule has 27 heavy (non-hydrogen) atoms. The summed E-state index contributed by atoms with van der Waals surface area (Å²) in [6.07, 6.45) is 2.91. The number of anilines is 1. The Labute approximate surface area is 160 Å². The van der Waals surface area contributed by atoms with E-state index in [0.29, 0.717) is 19.5 Å². The Bertz CT molecular complexity index is 853. The molecule has 2 aliphatic rings. The summed E-state index contributed by atoms with van der Waals surface area (Å²) in [6, 6.07) is 16.2. The molecule has 0 N–H and O–H groups in total. The number of hydrogen-bond donors (Lipinski definition) is 0. The van der Waals surface area contributed by atoms with Gasteiger partial charge in [-0.05, 0) is 48.9 Å². The van der Waals surface area contributed by atoms with Gasteiger partial charge >= 0.3 is 0 Å². The number of para-hydroxylation sites is 1. The Morgan fingerprint density at radius 3 is 2.44 bits per heavy atom. The van der Waals surface area contributed by atoms with Gasteiger partial charge in [-0.25, -0.2) is 0 Å². The van der Waals surface area contributed by atoms with E-state index in [2.05, 4.69) is 6.07 Å². The molecule has 2 heterocycles. The molecule has 1 saturated heterocycles. The van der Waals surface area contributed by atoms with Crippen molar-refractivity contribution in [1.29, 1.82) is 0 Å². The fraction of sp³-hybridized carbons (Fsp3) is 0.391. The molecule has 4 nitrogen and oxygen atoms in total. The van der Waals surface area contributed by atoms with E-state index in [1.54, 1.807) is 0 Å². The molecule has 1 fully saturated rings. The molecule has 2 aromatic rings. The summed E-state index contributed by atoms with van der Waals surface area (Å²) < 4.78 is 0. The van der Waals surface area contributed by atoms with Crippen LogP contribution in [0.15, 0.2) is 48.5 Å². The monoisotopic (exact) mass is 362 g/mol. The van der Waals surface area contributed by atoms with Crippen LogP contribution in [-0.2, 0) is 22.4 Å². The smallest absolute Gasteiger partial charge is 0.230 e. The maximum absolute atomic E-state index is 13.0. The number of nitrogens with zero attached hydrogens (tertiary/aromatic N) is 2. The lowest BCUT2D eigenvalue weighted by Crippen LogP contribution is -2.44. The van der Waals surface area contributed by atoms with Gasteiger partial charge < -0.3 is 9.80 Å². The largest absolute Gasteiger partial charge is 0.342 e. The number of likely N-dealkylation sites (tertiary alicyclic amines) is 1. The Morgan fingerprint density at radius 1 is 0.963 bits per heavy atom. The fourth-order valence-corrected chi connectivity index (χ4v) is 4.25. The highest BCUT2D eigenvalue weighted by Crippen LogP contribution is 2.31. The Morgan fingerprint density at radius 2 is 1.67 bits per heavy atom. The molecule has 140 valence electrons. The summed E-state index contributed by atoms with van der Waals surface area (Å²) >= 11 is 0. The number of carbonyl (C=O) groups is 2. The van der Waals surface area contributed by atoms with Gasteiger partial charge in [0, 0.05) is 31.2 Å². The quantitative estimate of drug-likeness (QED) is 0.840. The van der Waals surface area contributed by atoms with Crippen LogP contribution in [0.5, 0.6) is 0 Å². The molecule has 2 amide bonds. The van der Waals surface area contributed by atoms with E-state index in [-0.39, 0.29) is 17.7 Å². The molecular formula is C23H26N2O2. The molecule has 0 spiro atoms. The van der Waals surface area contributed by atoms with Crippen LogP contribution in [0.2, 0.25) is 0 Å². The molecule has 2 aromatic carbocycles. The van der Waals surface area contributed by atoms with Gasteiger partial charge in [0.2, 0.25) is 11.8 Å². The van der Waals surface area contributed by atoms with Crippen LogP contribution in [-0.4, -0.2) is 36.3 Å². The Hall–Kier alpha value is -2.62. The topological polar surface area (TPSA) is 40.6 Å². The summed E-state index contributed by atoms with van der Waals surface area (Å²) in [5.74, 6) is 0.423. The number of rotatable bonds is 3. The number of carbonyl (C=O) groups excluding carboxylic acids is 2. The van der Waals surface area contributed by atoms with Gasteiger partial charge in [-0.15, -0.1) is 0 Å². The van der Waals surface area contributed by atoms with Gasteiger partial charge in [-0.1, -0.05) is 42.5 Å². The van der Waals surface area contributed by atoms with Gasteiger partial charge in [0.25, 0.3) is 0 Å². The summed E-state index contributed by atoms with van der Waals surface area (Å²) in [4.78, 5) is 29.5. The van der Waals surface area contributed by atoms with Crippen molar-refractivity contribution in [2.75, 3.05) is 24.5 Å². The maximum Gasteiger partial charge on any atom is 0.230 e. The number of amides is 2. The van der Waals surface area contributed by atoms with E-state index < -0.39 is 0 Å². The lowest BCUT2D eigenvalue weighted by atomic mass is 9.94. The zero-order valence-corrected chi connectivity index (χ0v) is 15.9. The summed E-state index contributed by atoms with van der Waals surface area (Å²) in [6.45, 7) is 4.18. The standard InChI is InChI=1S/C23H26N2O2/c1-17-6-2-3-8-20(17)16-22(26)24-13-10-19(11-14-24)23(27)25-15-12-18-7-4-5-9-21(18)25/h2-9,19H,10-16H2,1H3. The van der Waals surface area contributed by atoms with Crippen molar-refractivity contribution in [2.24, 2.45) is 5.92 Å². The zero-order chi connectivity index (χ0) is 18.8. The molecule has 0 radical (unpaired) electrons. The van der Waals surface area contributed by atoms with E-state index in [1.165, 1.54) is 5.56 Å². The van der Waals surface area contributed by atoms with E-state index >= 15 is 0 Å². The lowest BCUT2D eigenvalue weighted by molar-refractivity contribution is -0.134. The van der Waals surface area contributed by atoms with Crippen molar-refractivity contribution >= 4 is 17.5 Å². The molecule has 0 atom stereocenters. The predicted octanol–water partition coefficient (Wildman–Crippen LogP) is 3.37. The van der Waals surface area contributed by atoms with Crippen LogP contribution < -0.4 is 4.90 Å². The zero-order valence-electron chi connectivity index (χ0n) is 15.9. The van der Waals surface area contributed by atoms with Crippen molar-refractivity contribution in [3.63, 3.8) is 0 Å². The molecule has 0 saturated carbocycles. The number of fused-ring (bicyclic) bond motifs is 1. The fourth-order valence-electron chi connectivity index (χ4n) is 4.25. The van der Waals surface area contributed by atoms with E-state index in [1.807, 2.05) is 59.2 Å². The van der Waals surface area contributed by atoms with Crippen LogP contribution in [0.1, 0.15) is 29.5 Å². The normalized spacial score (nSPS) is 17.1. The maximum atomic E-state index is 13.0. The van der Waals surface area contributed by atoms with Crippen LogP contribution in [0.25, 0.3) is 0 Å². The highest BCUT2D eigenvalue weighted by atomic mass is 16.2. The predicted molar refractivity (Wildman–Crippen MR) is 107 cm³/mol. The van der Waals surface area contributed by atoms with Crippen LogP contribution in [0, 0.1) is 12.8 Å².